The predicted octanol–water partition coefficient (Wildman–Crippen LogP) is 0.248. The van der Waals surface area contributed by atoms with Gasteiger partial charge in [0.25, 0.3) is 0 Å². The van der Waals surface area contributed by atoms with Gasteiger partial charge < -0.3 is 10.1 Å². The summed E-state index contributed by atoms with van der Waals surface area (Å²) in [6, 6.07) is 0. The Balaban J connectivity index is 1.47. The Hall–Kier alpha value is -0.160. The Bertz CT molecular complexity index is 211. The van der Waals surface area contributed by atoms with Gasteiger partial charge in [-0.05, 0) is 5.92 Å². The molecule has 0 atom stereocenters. The highest BCUT2D eigenvalue weighted by Crippen LogP contribution is 2.13. The number of nitrogens with zero attached hydrogens (tertiary/aromatic N) is 2. The van der Waals surface area contributed by atoms with Crippen molar-refractivity contribution in [2.75, 3.05) is 59.0 Å². The monoisotopic (exact) mass is 241 g/mol. The minimum Gasteiger partial charge on any atom is -0.374 e. The Kier molecular flexibility index (Phi) is 5.22. The number of hydrogen-bond donors (Lipinski definition) is 1. The average Bonchev–Trinajstić information content (AvgIpc) is 2.26. The van der Waals surface area contributed by atoms with E-state index in [1.807, 2.05) is 0 Å². The maximum Gasteiger partial charge on any atom is 0.0829 e. The van der Waals surface area contributed by atoms with E-state index in [-0.39, 0.29) is 0 Å². The SMILES string of the molecule is CC(C)CN1CC(OCCN2CCNCC2)C1. The maximum atomic E-state index is 5.89. The van der Waals surface area contributed by atoms with Crippen LogP contribution in [0.15, 0.2) is 0 Å². The van der Waals surface area contributed by atoms with Crippen LogP contribution in [0.2, 0.25) is 0 Å². The van der Waals surface area contributed by atoms with Gasteiger partial charge >= 0.3 is 0 Å². The molecule has 0 aromatic heterocycles. The van der Waals surface area contributed by atoms with Crippen molar-refractivity contribution < 1.29 is 4.74 Å². The summed E-state index contributed by atoms with van der Waals surface area (Å²) in [6.45, 7) is 14.7. The molecule has 2 aliphatic rings. The fourth-order valence-corrected chi connectivity index (χ4v) is 2.58. The molecule has 0 aliphatic carbocycles. The second-order valence-corrected chi connectivity index (χ2v) is 5.70. The molecule has 17 heavy (non-hydrogen) atoms. The van der Waals surface area contributed by atoms with Gasteiger partial charge in [0.05, 0.1) is 12.7 Å². The zero-order valence-electron chi connectivity index (χ0n) is 11.3. The Morgan fingerprint density at radius 2 is 1.88 bits per heavy atom. The summed E-state index contributed by atoms with van der Waals surface area (Å²) in [7, 11) is 0. The molecule has 0 radical (unpaired) electrons. The van der Waals surface area contributed by atoms with E-state index in [0.717, 1.165) is 45.2 Å². The first kappa shape index (κ1) is 13.3. The van der Waals surface area contributed by atoms with Gasteiger partial charge in [-0.25, -0.2) is 0 Å². The maximum absolute atomic E-state index is 5.89. The van der Waals surface area contributed by atoms with Crippen molar-refractivity contribution in [1.29, 1.82) is 0 Å². The lowest BCUT2D eigenvalue weighted by atomic mass is 10.1. The van der Waals surface area contributed by atoms with Crippen LogP contribution in [0.1, 0.15) is 13.8 Å². The van der Waals surface area contributed by atoms with Gasteiger partial charge in [0, 0.05) is 52.4 Å². The Morgan fingerprint density at radius 3 is 2.53 bits per heavy atom. The quantitative estimate of drug-likeness (QED) is 0.721. The predicted molar refractivity (Wildman–Crippen MR) is 70.3 cm³/mol. The van der Waals surface area contributed by atoms with Crippen molar-refractivity contribution in [3.05, 3.63) is 0 Å². The van der Waals surface area contributed by atoms with E-state index in [0.29, 0.717) is 6.10 Å². The highest BCUT2D eigenvalue weighted by atomic mass is 16.5. The zero-order chi connectivity index (χ0) is 12.1. The van der Waals surface area contributed by atoms with E-state index in [4.69, 9.17) is 4.74 Å². The highest BCUT2D eigenvalue weighted by molar-refractivity contribution is 4.81. The first-order valence-electron chi connectivity index (χ1n) is 7.01. The summed E-state index contributed by atoms with van der Waals surface area (Å²) in [6.07, 6.45) is 0.497. The van der Waals surface area contributed by atoms with Crippen molar-refractivity contribution in [2.24, 2.45) is 5.92 Å². The molecule has 0 spiro atoms. The van der Waals surface area contributed by atoms with E-state index in [9.17, 15) is 0 Å². The Morgan fingerprint density at radius 1 is 1.18 bits per heavy atom. The lowest BCUT2D eigenvalue weighted by Crippen LogP contribution is -2.54. The first-order chi connectivity index (χ1) is 8.24. The smallest absolute Gasteiger partial charge is 0.0829 e. The van der Waals surface area contributed by atoms with Crippen molar-refractivity contribution in [1.82, 2.24) is 15.1 Å². The van der Waals surface area contributed by atoms with Crippen molar-refractivity contribution in [3.8, 4) is 0 Å². The number of rotatable bonds is 6. The molecular weight excluding hydrogens is 214 g/mol. The molecule has 0 saturated carbocycles. The third kappa shape index (κ3) is 4.54. The molecule has 2 heterocycles. The average molecular weight is 241 g/mol. The third-order valence-electron chi connectivity index (χ3n) is 3.52. The molecule has 0 aromatic rings. The second-order valence-electron chi connectivity index (χ2n) is 5.70. The van der Waals surface area contributed by atoms with Gasteiger partial charge in [-0.3, -0.25) is 9.80 Å². The van der Waals surface area contributed by atoms with Gasteiger partial charge in [0.15, 0.2) is 0 Å². The minimum absolute atomic E-state index is 0.497. The summed E-state index contributed by atoms with van der Waals surface area (Å²) in [5.41, 5.74) is 0. The summed E-state index contributed by atoms with van der Waals surface area (Å²) in [5.74, 6) is 0.775. The number of piperazine rings is 1. The topological polar surface area (TPSA) is 27.7 Å². The Labute approximate surface area is 105 Å². The van der Waals surface area contributed by atoms with Gasteiger partial charge in [0.1, 0.15) is 0 Å². The van der Waals surface area contributed by atoms with Gasteiger partial charge in [-0.1, -0.05) is 13.8 Å². The lowest BCUT2D eigenvalue weighted by Gasteiger charge is -2.40. The first-order valence-corrected chi connectivity index (χ1v) is 7.01. The molecule has 4 heteroatoms. The lowest BCUT2D eigenvalue weighted by molar-refractivity contribution is -0.0629. The fourth-order valence-electron chi connectivity index (χ4n) is 2.58. The molecule has 0 amide bonds. The van der Waals surface area contributed by atoms with Crippen molar-refractivity contribution >= 4 is 0 Å². The van der Waals surface area contributed by atoms with E-state index < -0.39 is 0 Å². The van der Waals surface area contributed by atoms with Crippen LogP contribution in [0, 0.1) is 5.92 Å². The van der Waals surface area contributed by atoms with Crippen LogP contribution in [0.5, 0.6) is 0 Å². The van der Waals surface area contributed by atoms with Crippen LogP contribution in [-0.4, -0.2) is 74.9 Å². The molecule has 2 aliphatic heterocycles. The highest BCUT2D eigenvalue weighted by Gasteiger charge is 2.27. The summed E-state index contributed by atoms with van der Waals surface area (Å²) < 4.78 is 5.89. The standard InChI is InChI=1S/C13H27N3O/c1-12(2)9-16-10-13(11-16)17-8-7-15-5-3-14-4-6-15/h12-14H,3-11H2,1-2H3. The second kappa shape index (κ2) is 6.69. The number of nitrogens with one attached hydrogen (secondary N) is 1. The molecule has 0 unspecified atom stereocenters. The normalized spacial score (nSPS) is 24.2. The van der Waals surface area contributed by atoms with Crippen LogP contribution in [-0.2, 0) is 4.74 Å². The molecule has 2 saturated heterocycles. The molecule has 0 aromatic carbocycles. The molecule has 100 valence electrons. The van der Waals surface area contributed by atoms with Gasteiger partial charge in [-0.2, -0.15) is 0 Å². The number of likely N-dealkylation sites (tertiary alicyclic amines) is 1. The largest absolute Gasteiger partial charge is 0.374 e. The van der Waals surface area contributed by atoms with E-state index in [1.165, 1.54) is 19.6 Å². The summed E-state index contributed by atoms with van der Waals surface area (Å²) in [5, 5.41) is 3.37. The molecule has 0 bridgehead atoms. The van der Waals surface area contributed by atoms with Crippen LogP contribution in [0.25, 0.3) is 0 Å². The number of hydrogen-bond acceptors (Lipinski definition) is 4. The van der Waals surface area contributed by atoms with E-state index in [1.54, 1.807) is 0 Å². The fraction of sp³-hybridized carbons (Fsp3) is 1.00. The zero-order valence-corrected chi connectivity index (χ0v) is 11.3. The summed E-state index contributed by atoms with van der Waals surface area (Å²) in [4.78, 5) is 4.97. The molecule has 2 rings (SSSR count). The van der Waals surface area contributed by atoms with Crippen LogP contribution < -0.4 is 5.32 Å². The number of ether oxygens (including phenoxy) is 1. The van der Waals surface area contributed by atoms with E-state index in [2.05, 4.69) is 29.0 Å². The van der Waals surface area contributed by atoms with Crippen LogP contribution >= 0.6 is 0 Å². The summed E-state index contributed by atoms with van der Waals surface area (Å²) >= 11 is 0. The minimum atomic E-state index is 0.497. The van der Waals surface area contributed by atoms with Crippen molar-refractivity contribution in [3.63, 3.8) is 0 Å². The molecular formula is C13H27N3O. The van der Waals surface area contributed by atoms with Crippen LogP contribution in [0.4, 0.5) is 0 Å². The van der Waals surface area contributed by atoms with Crippen LogP contribution in [0.3, 0.4) is 0 Å². The third-order valence-corrected chi connectivity index (χ3v) is 3.52. The van der Waals surface area contributed by atoms with Crippen molar-refractivity contribution in [2.45, 2.75) is 20.0 Å². The molecule has 1 N–H and O–H groups in total. The molecule has 4 nitrogen and oxygen atoms in total. The van der Waals surface area contributed by atoms with Gasteiger partial charge in [-0.15, -0.1) is 0 Å². The van der Waals surface area contributed by atoms with E-state index >= 15 is 0 Å². The van der Waals surface area contributed by atoms with Gasteiger partial charge in [0.2, 0.25) is 0 Å². The molecule has 2 fully saturated rings.